The van der Waals surface area contributed by atoms with Crippen LogP contribution in [0.1, 0.15) is 75.6 Å². The standard InChI is InChI=1S/C31H36F3NO3/c1-18-12-24-23-7-5-4-6-21(23)13-25(24)29(35(18)17-31(2,3)34)28-26(32)14-22(15-27(28)33)38-16-19-8-10-20(11-9-19)30(36)37/h4-7,14-15,18-20,29H,8-13,16-17H2,1-3H3,(H,36,37)/t18-,19?,20?,29+/m1/s1. The number of halogens is 3. The second kappa shape index (κ2) is 10.4. The minimum absolute atomic E-state index is 0.0576. The van der Waals surface area contributed by atoms with Gasteiger partial charge >= 0.3 is 5.97 Å². The number of hydrogen-bond donors (Lipinski definition) is 1. The van der Waals surface area contributed by atoms with Crippen molar-refractivity contribution in [1.82, 2.24) is 4.90 Å². The third-order valence-corrected chi connectivity index (χ3v) is 8.40. The summed E-state index contributed by atoms with van der Waals surface area (Å²) >= 11 is 0. The van der Waals surface area contributed by atoms with Crippen molar-refractivity contribution >= 4 is 11.5 Å². The lowest BCUT2D eigenvalue weighted by Crippen LogP contribution is -2.47. The maximum atomic E-state index is 15.8. The molecule has 2 atom stereocenters. The fourth-order valence-corrected chi connectivity index (χ4v) is 6.54. The number of nitrogens with zero attached hydrogens (tertiary/aromatic N) is 1. The molecule has 0 unspecified atom stereocenters. The number of aliphatic carboxylic acids is 1. The van der Waals surface area contributed by atoms with Crippen molar-refractivity contribution in [3.05, 3.63) is 70.3 Å². The van der Waals surface area contributed by atoms with Crippen molar-refractivity contribution in [3.8, 4) is 5.75 Å². The number of benzene rings is 2. The lowest BCUT2D eigenvalue weighted by atomic mass is 9.82. The Morgan fingerprint density at radius 1 is 1.11 bits per heavy atom. The summed E-state index contributed by atoms with van der Waals surface area (Å²) in [6, 6.07) is 9.72. The maximum absolute atomic E-state index is 15.8. The number of carboxylic acid groups (broad SMARTS) is 1. The first-order valence-corrected chi connectivity index (χ1v) is 13.6. The van der Waals surface area contributed by atoms with Gasteiger partial charge < -0.3 is 9.84 Å². The molecule has 0 spiro atoms. The highest BCUT2D eigenvalue weighted by atomic mass is 19.1. The Labute approximate surface area is 222 Å². The van der Waals surface area contributed by atoms with Crippen LogP contribution in [0.4, 0.5) is 13.2 Å². The van der Waals surface area contributed by atoms with Gasteiger partial charge in [-0.1, -0.05) is 24.3 Å². The van der Waals surface area contributed by atoms with Crippen molar-refractivity contribution in [1.29, 1.82) is 0 Å². The van der Waals surface area contributed by atoms with Gasteiger partial charge in [0.2, 0.25) is 0 Å². The number of carbonyl (C=O) groups is 1. The summed E-state index contributed by atoms with van der Waals surface area (Å²) < 4.78 is 52.3. The molecule has 0 aromatic heterocycles. The van der Waals surface area contributed by atoms with E-state index < -0.39 is 29.3 Å². The van der Waals surface area contributed by atoms with Crippen molar-refractivity contribution in [2.75, 3.05) is 13.2 Å². The molecular weight excluding hydrogens is 491 g/mol. The van der Waals surface area contributed by atoms with Gasteiger partial charge in [-0.2, -0.15) is 0 Å². The maximum Gasteiger partial charge on any atom is 0.306 e. The first kappa shape index (κ1) is 26.8. The highest BCUT2D eigenvalue weighted by Crippen LogP contribution is 2.50. The first-order valence-electron chi connectivity index (χ1n) is 13.6. The van der Waals surface area contributed by atoms with Crippen LogP contribution in [0.15, 0.2) is 42.0 Å². The van der Waals surface area contributed by atoms with E-state index in [0.717, 1.165) is 22.3 Å². The molecule has 1 saturated carbocycles. The SMILES string of the molecule is C[C@@H]1CC2=C(Cc3ccccc32)[C@@H](c2c(F)cc(OCC3CCC(C(=O)O)CC3)cc2F)N1CC(C)(C)F. The minimum atomic E-state index is -1.54. The van der Waals surface area contributed by atoms with E-state index in [9.17, 15) is 14.3 Å². The Balaban J connectivity index is 1.43. The van der Waals surface area contributed by atoms with E-state index >= 15 is 8.78 Å². The van der Waals surface area contributed by atoms with Gasteiger partial charge in [-0.05, 0) is 87.5 Å². The van der Waals surface area contributed by atoms with Crippen LogP contribution in [-0.4, -0.2) is 40.8 Å². The van der Waals surface area contributed by atoms with E-state index in [1.807, 2.05) is 30.0 Å². The van der Waals surface area contributed by atoms with Gasteiger partial charge in [0.1, 0.15) is 23.1 Å². The highest BCUT2D eigenvalue weighted by Gasteiger charge is 2.43. The molecule has 0 bridgehead atoms. The molecule has 2 aliphatic carbocycles. The van der Waals surface area contributed by atoms with Gasteiger partial charge in [-0.25, -0.2) is 13.2 Å². The van der Waals surface area contributed by atoms with Crippen LogP contribution in [0, 0.1) is 23.5 Å². The average Bonchev–Trinajstić information content (AvgIpc) is 3.21. The monoisotopic (exact) mass is 527 g/mol. The van der Waals surface area contributed by atoms with Crippen LogP contribution in [0.3, 0.4) is 0 Å². The molecule has 0 radical (unpaired) electrons. The van der Waals surface area contributed by atoms with E-state index in [4.69, 9.17) is 4.74 Å². The predicted octanol–water partition coefficient (Wildman–Crippen LogP) is 7.13. The Kier molecular flexibility index (Phi) is 7.33. The Hall–Kier alpha value is -2.80. The summed E-state index contributed by atoms with van der Waals surface area (Å²) in [4.78, 5) is 13.1. The lowest BCUT2D eigenvalue weighted by molar-refractivity contribution is -0.143. The van der Waals surface area contributed by atoms with Gasteiger partial charge in [0.25, 0.3) is 0 Å². The Morgan fingerprint density at radius 2 is 1.76 bits per heavy atom. The smallest absolute Gasteiger partial charge is 0.306 e. The Morgan fingerprint density at radius 3 is 2.39 bits per heavy atom. The topological polar surface area (TPSA) is 49.8 Å². The van der Waals surface area contributed by atoms with Gasteiger partial charge in [-0.3, -0.25) is 9.69 Å². The van der Waals surface area contributed by atoms with Crippen LogP contribution < -0.4 is 4.74 Å². The summed E-state index contributed by atoms with van der Waals surface area (Å²) in [6.07, 6.45) is 3.89. The second-order valence-corrected chi connectivity index (χ2v) is 11.9. The Bertz CT molecular complexity index is 1220. The van der Waals surface area contributed by atoms with Gasteiger partial charge in [-0.15, -0.1) is 0 Å². The summed E-state index contributed by atoms with van der Waals surface area (Å²) in [5.74, 6) is -2.21. The van der Waals surface area contributed by atoms with E-state index in [2.05, 4.69) is 6.07 Å². The quantitative estimate of drug-likeness (QED) is 0.416. The highest BCUT2D eigenvalue weighted by molar-refractivity contribution is 5.79. The molecule has 1 fully saturated rings. The van der Waals surface area contributed by atoms with Crippen LogP contribution in [0.5, 0.6) is 5.75 Å². The molecule has 2 aromatic rings. The number of rotatable bonds is 7. The molecule has 38 heavy (non-hydrogen) atoms. The molecule has 0 amide bonds. The molecule has 1 N–H and O–H groups in total. The fourth-order valence-electron chi connectivity index (χ4n) is 6.54. The molecule has 7 heteroatoms. The van der Waals surface area contributed by atoms with Crippen molar-refractivity contribution in [3.63, 3.8) is 0 Å². The molecule has 1 aliphatic heterocycles. The van der Waals surface area contributed by atoms with Crippen molar-refractivity contribution < 1.29 is 27.8 Å². The zero-order chi connectivity index (χ0) is 27.2. The third kappa shape index (κ3) is 5.35. The predicted molar refractivity (Wildman–Crippen MR) is 141 cm³/mol. The van der Waals surface area contributed by atoms with E-state index in [1.54, 1.807) is 0 Å². The van der Waals surface area contributed by atoms with Crippen LogP contribution in [0.25, 0.3) is 5.57 Å². The van der Waals surface area contributed by atoms with Gasteiger partial charge in [0.05, 0.1) is 18.6 Å². The third-order valence-electron chi connectivity index (χ3n) is 8.40. The summed E-state index contributed by atoms with van der Waals surface area (Å²) in [7, 11) is 0. The molecule has 204 valence electrons. The van der Waals surface area contributed by atoms with Gasteiger partial charge in [0, 0.05) is 30.3 Å². The van der Waals surface area contributed by atoms with E-state index in [-0.39, 0.29) is 42.3 Å². The minimum Gasteiger partial charge on any atom is -0.493 e. The molecule has 5 rings (SSSR count). The zero-order valence-corrected chi connectivity index (χ0v) is 22.3. The molecule has 0 saturated heterocycles. The normalized spacial score (nSPS) is 25.7. The molecule has 1 heterocycles. The fraction of sp³-hybridized carbons (Fsp3) is 0.516. The average molecular weight is 528 g/mol. The van der Waals surface area contributed by atoms with Crippen LogP contribution in [0.2, 0.25) is 0 Å². The molecule has 4 nitrogen and oxygen atoms in total. The van der Waals surface area contributed by atoms with E-state index in [1.165, 1.54) is 26.0 Å². The van der Waals surface area contributed by atoms with Crippen molar-refractivity contribution in [2.45, 2.75) is 77.0 Å². The lowest BCUT2D eigenvalue weighted by Gasteiger charge is -2.44. The van der Waals surface area contributed by atoms with E-state index in [0.29, 0.717) is 38.5 Å². The number of ether oxygens (including phenoxy) is 1. The summed E-state index contributed by atoms with van der Waals surface area (Å²) in [6.45, 7) is 5.34. The van der Waals surface area contributed by atoms with Crippen LogP contribution >= 0.6 is 0 Å². The number of carboxylic acids is 1. The van der Waals surface area contributed by atoms with Crippen LogP contribution in [-0.2, 0) is 11.2 Å². The summed E-state index contributed by atoms with van der Waals surface area (Å²) in [5.41, 5.74) is 2.71. The number of fused-ring (bicyclic) bond motifs is 2. The largest absolute Gasteiger partial charge is 0.493 e. The number of alkyl halides is 1. The van der Waals surface area contributed by atoms with Crippen molar-refractivity contribution in [2.24, 2.45) is 11.8 Å². The summed E-state index contributed by atoms with van der Waals surface area (Å²) in [5, 5.41) is 9.19. The van der Waals surface area contributed by atoms with Gasteiger partial charge in [0.15, 0.2) is 0 Å². The molecular formula is C31H36F3NO3. The molecule has 3 aliphatic rings. The molecule has 2 aromatic carbocycles. The zero-order valence-electron chi connectivity index (χ0n) is 22.3. The first-order chi connectivity index (χ1) is 18.0. The second-order valence-electron chi connectivity index (χ2n) is 11.9. The number of hydrogen-bond acceptors (Lipinski definition) is 3.